The van der Waals surface area contributed by atoms with Crippen LogP contribution in [0.15, 0.2) is 24.3 Å². The maximum Gasteiger partial charge on any atom is 0.308 e. The summed E-state index contributed by atoms with van der Waals surface area (Å²) < 4.78 is 0. The molecule has 1 spiro atoms. The van der Waals surface area contributed by atoms with Gasteiger partial charge in [-0.15, -0.1) is 0 Å². The number of hydrogen-bond donors (Lipinski definition) is 2. The maximum atomic E-state index is 12.3. The van der Waals surface area contributed by atoms with Gasteiger partial charge < -0.3 is 10.4 Å². The number of benzene rings is 1. The SMILES string of the molecule is Cc1cccc(CC(CNC(=O)C2CC23CCCC3)C(=O)O)c1. The van der Waals surface area contributed by atoms with Crippen molar-refractivity contribution in [1.29, 1.82) is 0 Å². The van der Waals surface area contributed by atoms with E-state index in [9.17, 15) is 14.7 Å². The number of aryl methyl sites for hydroxylation is 1. The minimum absolute atomic E-state index is 0.0578. The standard InChI is InChI=1S/C19H25NO3/c1-13-5-4-6-14(9-13)10-15(18(22)23)12-20-17(21)16-11-19(16)7-2-3-8-19/h4-6,9,15-16H,2-3,7-8,10-12H2,1H3,(H,20,21)(H,22,23). The molecule has 1 amide bonds. The van der Waals surface area contributed by atoms with Crippen LogP contribution in [0.25, 0.3) is 0 Å². The summed E-state index contributed by atoms with van der Waals surface area (Å²) in [4.78, 5) is 23.8. The minimum atomic E-state index is -0.849. The third-order valence-electron chi connectivity index (χ3n) is 5.54. The molecule has 0 radical (unpaired) electrons. The number of amides is 1. The fourth-order valence-corrected chi connectivity index (χ4v) is 4.07. The molecule has 0 aromatic heterocycles. The van der Waals surface area contributed by atoms with Crippen molar-refractivity contribution in [3.63, 3.8) is 0 Å². The Morgan fingerprint density at radius 1 is 1.35 bits per heavy atom. The highest BCUT2D eigenvalue weighted by Gasteiger charge is 2.58. The van der Waals surface area contributed by atoms with Crippen LogP contribution in [0, 0.1) is 24.2 Å². The van der Waals surface area contributed by atoms with E-state index < -0.39 is 11.9 Å². The van der Waals surface area contributed by atoms with Gasteiger partial charge in [0.15, 0.2) is 0 Å². The Balaban J connectivity index is 1.54. The van der Waals surface area contributed by atoms with Gasteiger partial charge in [-0.3, -0.25) is 9.59 Å². The second-order valence-electron chi connectivity index (χ2n) is 7.30. The summed E-state index contributed by atoms with van der Waals surface area (Å²) in [5.41, 5.74) is 2.39. The van der Waals surface area contributed by atoms with Crippen LogP contribution in [-0.4, -0.2) is 23.5 Å². The Bertz CT molecular complexity index is 604. The van der Waals surface area contributed by atoms with E-state index >= 15 is 0 Å². The van der Waals surface area contributed by atoms with E-state index in [0.717, 1.165) is 30.4 Å². The summed E-state index contributed by atoms with van der Waals surface area (Å²) in [7, 11) is 0. The van der Waals surface area contributed by atoms with Crippen LogP contribution in [0.4, 0.5) is 0 Å². The van der Waals surface area contributed by atoms with Gasteiger partial charge in [0.1, 0.15) is 0 Å². The molecule has 23 heavy (non-hydrogen) atoms. The molecule has 0 saturated heterocycles. The molecule has 4 nitrogen and oxygen atoms in total. The van der Waals surface area contributed by atoms with Crippen molar-refractivity contribution in [2.45, 2.75) is 45.4 Å². The number of carbonyl (C=O) groups is 2. The second kappa shape index (κ2) is 6.34. The van der Waals surface area contributed by atoms with Gasteiger partial charge in [0.05, 0.1) is 5.92 Å². The average Bonchev–Trinajstić information content (AvgIpc) is 3.00. The van der Waals surface area contributed by atoms with Crippen molar-refractivity contribution in [2.24, 2.45) is 17.3 Å². The van der Waals surface area contributed by atoms with E-state index in [2.05, 4.69) is 5.32 Å². The number of nitrogens with one attached hydrogen (secondary N) is 1. The van der Waals surface area contributed by atoms with Crippen LogP contribution in [0.5, 0.6) is 0 Å². The summed E-state index contributed by atoms with van der Waals surface area (Å²) in [5.74, 6) is -1.24. The van der Waals surface area contributed by atoms with Crippen molar-refractivity contribution in [2.75, 3.05) is 6.54 Å². The largest absolute Gasteiger partial charge is 0.481 e. The topological polar surface area (TPSA) is 66.4 Å². The first-order chi connectivity index (χ1) is 11.0. The van der Waals surface area contributed by atoms with E-state index in [4.69, 9.17) is 0 Å². The first kappa shape index (κ1) is 16.0. The summed E-state index contributed by atoms with van der Waals surface area (Å²) in [5, 5.41) is 12.3. The minimum Gasteiger partial charge on any atom is -0.481 e. The van der Waals surface area contributed by atoms with Crippen LogP contribution >= 0.6 is 0 Å². The number of carboxylic acids is 1. The Morgan fingerprint density at radius 3 is 2.74 bits per heavy atom. The first-order valence-corrected chi connectivity index (χ1v) is 8.56. The molecule has 0 bridgehead atoms. The van der Waals surface area contributed by atoms with Gasteiger partial charge in [-0.05, 0) is 43.6 Å². The number of aliphatic carboxylic acids is 1. The highest BCUT2D eigenvalue weighted by Crippen LogP contribution is 2.62. The molecule has 2 aliphatic rings. The monoisotopic (exact) mass is 315 g/mol. The number of carboxylic acid groups (broad SMARTS) is 1. The highest BCUT2D eigenvalue weighted by molar-refractivity contribution is 5.83. The van der Waals surface area contributed by atoms with Crippen molar-refractivity contribution < 1.29 is 14.7 Å². The van der Waals surface area contributed by atoms with E-state index in [0.29, 0.717) is 6.42 Å². The zero-order valence-corrected chi connectivity index (χ0v) is 13.7. The summed E-state index contributed by atoms with van der Waals surface area (Å²) in [6, 6.07) is 7.89. The van der Waals surface area contributed by atoms with Gasteiger partial charge >= 0.3 is 5.97 Å². The second-order valence-corrected chi connectivity index (χ2v) is 7.30. The quantitative estimate of drug-likeness (QED) is 0.848. The van der Waals surface area contributed by atoms with Crippen LogP contribution in [0.3, 0.4) is 0 Å². The molecule has 2 atom stereocenters. The lowest BCUT2D eigenvalue weighted by molar-refractivity contribution is -0.141. The molecule has 3 rings (SSSR count). The van der Waals surface area contributed by atoms with Gasteiger partial charge in [0.2, 0.25) is 5.91 Å². The molecule has 2 unspecified atom stereocenters. The van der Waals surface area contributed by atoms with Crippen molar-refractivity contribution in [3.8, 4) is 0 Å². The molecule has 4 heteroatoms. The van der Waals surface area contributed by atoms with Crippen molar-refractivity contribution >= 4 is 11.9 Å². The lowest BCUT2D eigenvalue weighted by atomic mass is 9.97. The lowest BCUT2D eigenvalue weighted by Crippen LogP contribution is -2.35. The van der Waals surface area contributed by atoms with Crippen LogP contribution in [-0.2, 0) is 16.0 Å². The van der Waals surface area contributed by atoms with Crippen LogP contribution < -0.4 is 5.32 Å². The molecule has 1 aromatic carbocycles. The number of carbonyl (C=O) groups excluding carboxylic acids is 1. The summed E-state index contributed by atoms with van der Waals surface area (Å²) >= 11 is 0. The molecule has 2 fully saturated rings. The zero-order chi connectivity index (χ0) is 16.4. The maximum absolute atomic E-state index is 12.3. The molecule has 2 saturated carbocycles. The highest BCUT2D eigenvalue weighted by atomic mass is 16.4. The molecule has 0 aliphatic heterocycles. The van der Waals surface area contributed by atoms with Crippen LogP contribution in [0.1, 0.15) is 43.2 Å². The Kier molecular flexibility index (Phi) is 4.42. The van der Waals surface area contributed by atoms with Gasteiger partial charge in [-0.25, -0.2) is 0 Å². The first-order valence-electron chi connectivity index (χ1n) is 8.56. The van der Waals surface area contributed by atoms with E-state index in [-0.39, 0.29) is 23.8 Å². The molecule has 2 N–H and O–H groups in total. The fraction of sp³-hybridized carbons (Fsp3) is 0.579. The molecular formula is C19H25NO3. The van der Waals surface area contributed by atoms with Gasteiger partial charge in [0, 0.05) is 12.5 Å². The Labute approximate surface area is 137 Å². The predicted octanol–water partition coefficient (Wildman–Crippen LogP) is 2.93. The molecule has 0 heterocycles. The van der Waals surface area contributed by atoms with Crippen LogP contribution in [0.2, 0.25) is 0 Å². The summed E-state index contributed by atoms with van der Waals surface area (Å²) in [6.07, 6.45) is 6.23. The third kappa shape index (κ3) is 3.57. The van der Waals surface area contributed by atoms with E-state index in [1.165, 1.54) is 12.8 Å². The lowest BCUT2D eigenvalue weighted by Gasteiger charge is -2.15. The molecule has 1 aromatic rings. The number of rotatable bonds is 6. The number of hydrogen-bond acceptors (Lipinski definition) is 2. The van der Waals surface area contributed by atoms with Gasteiger partial charge in [0.25, 0.3) is 0 Å². The molecular weight excluding hydrogens is 290 g/mol. The van der Waals surface area contributed by atoms with E-state index in [1.807, 2.05) is 31.2 Å². The Morgan fingerprint density at radius 2 is 2.09 bits per heavy atom. The predicted molar refractivity (Wildman–Crippen MR) is 88.0 cm³/mol. The molecule has 124 valence electrons. The molecule has 2 aliphatic carbocycles. The Hall–Kier alpha value is -1.84. The average molecular weight is 315 g/mol. The van der Waals surface area contributed by atoms with Gasteiger partial charge in [-0.1, -0.05) is 42.7 Å². The van der Waals surface area contributed by atoms with Gasteiger partial charge in [-0.2, -0.15) is 0 Å². The zero-order valence-electron chi connectivity index (χ0n) is 13.7. The normalized spacial score (nSPS) is 22.7. The van der Waals surface area contributed by atoms with Crippen molar-refractivity contribution in [3.05, 3.63) is 35.4 Å². The van der Waals surface area contributed by atoms with Crippen molar-refractivity contribution in [1.82, 2.24) is 5.32 Å². The smallest absolute Gasteiger partial charge is 0.308 e. The third-order valence-corrected chi connectivity index (χ3v) is 5.54. The van der Waals surface area contributed by atoms with E-state index in [1.54, 1.807) is 0 Å². The fourth-order valence-electron chi connectivity index (χ4n) is 4.07. The summed E-state index contributed by atoms with van der Waals surface area (Å²) in [6.45, 7) is 2.21.